The van der Waals surface area contributed by atoms with Crippen molar-refractivity contribution in [3.63, 3.8) is 0 Å². The summed E-state index contributed by atoms with van der Waals surface area (Å²) in [7, 11) is 0.644. The van der Waals surface area contributed by atoms with Crippen molar-refractivity contribution in [3.8, 4) is 0 Å². The molecule has 0 spiro atoms. The third kappa shape index (κ3) is 4.61. The Kier molecular flexibility index (Phi) is 3.48. The summed E-state index contributed by atoms with van der Waals surface area (Å²) < 4.78 is 34.8. The van der Waals surface area contributed by atoms with Gasteiger partial charge in [-0.3, -0.25) is 0 Å². The molecule has 82 valence electrons. The first-order valence-corrected chi connectivity index (χ1v) is 5.97. The fourth-order valence-electron chi connectivity index (χ4n) is 0.801. The molecule has 1 aromatic rings. The summed E-state index contributed by atoms with van der Waals surface area (Å²) in [5.41, 5.74) is 0.245. The van der Waals surface area contributed by atoms with Crippen LogP contribution in [-0.4, -0.2) is 14.4 Å². The van der Waals surface area contributed by atoms with Crippen molar-refractivity contribution in [2.75, 3.05) is 5.32 Å². The summed E-state index contributed by atoms with van der Waals surface area (Å²) >= 11 is 0. The Balaban J connectivity index is 2.63. The van der Waals surface area contributed by atoms with Gasteiger partial charge in [-0.1, -0.05) is 0 Å². The van der Waals surface area contributed by atoms with Crippen LogP contribution in [-0.2, 0) is 9.24 Å². The number of urea groups is 1. The van der Waals surface area contributed by atoms with Crippen LogP contribution in [0.4, 0.5) is 14.9 Å². The highest BCUT2D eigenvalue weighted by atomic mass is 35.7. The Morgan fingerprint density at radius 1 is 1.27 bits per heavy atom. The van der Waals surface area contributed by atoms with Gasteiger partial charge in [0, 0.05) is 16.4 Å². The zero-order valence-corrected chi connectivity index (χ0v) is 8.77. The second-order valence-electron chi connectivity index (χ2n) is 2.50. The summed E-state index contributed by atoms with van der Waals surface area (Å²) in [6, 6.07) is 3.76. The Labute approximate surface area is 89.8 Å². The maximum absolute atomic E-state index is 12.4. The van der Waals surface area contributed by atoms with E-state index >= 15 is 0 Å². The van der Waals surface area contributed by atoms with Crippen LogP contribution in [0.2, 0.25) is 0 Å². The Hall–Kier alpha value is -1.34. The standard InChI is InChI=1S/C7H6ClFN2O3S/c8-15(13,14)11-7(12)10-6-3-1-5(9)2-4-6/h1-4H,(H2,10,11,12). The molecule has 0 saturated carbocycles. The molecule has 0 radical (unpaired) electrons. The highest BCUT2D eigenvalue weighted by Gasteiger charge is 2.09. The maximum atomic E-state index is 12.4. The summed E-state index contributed by atoms with van der Waals surface area (Å²) in [5, 5.41) is 2.15. The van der Waals surface area contributed by atoms with Gasteiger partial charge in [-0.2, -0.15) is 8.42 Å². The molecular formula is C7H6ClFN2O3S. The maximum Gasteiger partial charge on any atom is 0.333 e. The number of carbonyl (C=O) groups excluding carboxylic acids is 1. The second-order valence-corrected chi connectivity index (χ2v) is 4.80. The Morgan fingerprint density at radius 2 is 1.80 bits per heavy atom. The van der Waals surface area contributed by atoms with Crippen LogP contribution in [0.5, 0.6) is 0 Å². The smallest absolute Gasteiger partial charge is 0.307 e. The van der Waals surface area contributed by atoms with Gasteiger partial charge in [0.15, 0.2) is 0 Å². The molecule has 0 unspecified atom stereocenters. The fourth-order valence-corrected chi connectivity index (χ4v) is 1.28. The topological polar surface area (TPSA) is 75.3 Å². The fraction of sp³-hybridized carbons (Fsp3) is 0. The first-order valence-electron chi connectivity index (χ1n) is 3.66. The normalized spacial score (nSPS) is 10.8. The lowest BCUT2D eigenvalue weighted by Crippen LogP contribution is -2.31. The number of benzene rings is 1. The summed E-state index contributed by atoms with van der Waals surface area (Å²) in [6.45, 7) is 0. The van der Waals surface area contributed by atoms with Crippen molar-refractivity contribution < 1.29 is 17.6 Å². The predicted molar refractivity (Wildman–Crippen MR) is 53.3 cm³/mol. The second kappa shape index (κ2) is 4.45. The Bertz CT molecular complexity index is 460. The van der Waals surface area contributed by atoms with Crippen molar-refractivity contribution in [1.29, 1.82) is 0 Å². The molecule has 0 aliphatic carbocycles. The van der Waals surface area contributed by atoms with Crippen molar-refractivity contribution >= 4 is 31.6 Å². The Morgan fingerprint density at radius 3 is 2.27 bits per heavy atom. The van der Waals surface area contributed by atoms with Gasteiger partial charge in [0.2, 0.25) is 0 Å². The number of rotatable bonds is 2. The first kappa shape index (κ1) is 11.7. The molecule has 0 heterocycles. The molecule has 1 rings (SSSR count). The number of halogens is 2. The first-order chi connectivity index (χ1) is 6.87. The van der Waals surface area contributed by atoms with Crippen molar-refractivity contribution in [3.05, 3.63) is 30.1 Å². The van der Waals surface area contributed by atoms with E-state index in [0.29, 0.717) is 0 Å². The molecule has 0 aromatic heterocycles. The molecular weight excluding hydrogens is 247 g/mol. The lowest BCUT2D eigenvalue weighted by Gasteiger charge is -2.04. The molecule has 1 aromatic carbocycles. The van der Waals surface area contributed by atoms with E-state index < -0.39 is 21.1 Å². The van der Waals surface area contributed by atoms with E-state index in [1.165, 1.54) is 16.9 Å². The molecule has 0 aliphatic rings. The van der Waals surface area contributed by atoms with Gasteiger partial charge in [-0.25, -0.2) is 13.9 Å². The molecule has 15 heavy (non-hydrogen) atoms. The molecule has 2 N–H and O–H groups in total. The largest absolute Gasteiger partial charge is 0.333 e. The van der Waals surface area contributed by atoms with E-state index in [1.54, 1.807) is 0 Å². The third-order valence-electron chi connectivity index (χ3n) is 1.32. The SMILES string of the molecule is O=C(Nc1ccc(F)cc1)NS(=O)(=O)Cl. The van der Waals surface area contributed by atoms with E-state index in [4.69, 9.17) is 10.7 Å². The minimum atomic E-state index is -4.12. The van der Waals surface area contributed by atoms with E-state index in [0.717, 1.165) is 12.1 Å². The number of carbonyl (C=O) groups is 1. The van der Waals surface area contributed by atoms with Crippen LogP contribution in [0.25, 0.3) is 0 Å². The number of anilines is 1. The molecule has 0 fully saturated rings. The molecule has 0 bridgehead atoms. The number of amides is 2. The van der Waals surface area contributed by atoms with Crippen LogP contribution in [0.3, 0.4) is 0 Å². The highest BCUT2D eigenvalue weighted by molar-refractivity contribution is 8.12. The number of nitrogens with one attached hydrogen (secondary N) is 2. The number of hydrogen-bond donors (Lipinski definition) is 2. The van der Waals surface area contributed by atoms with Crippen LogP contribution in [0.1, 0.15) is 0 Å². The molecule has 8 heteroatoms. The van der Waals surface area contributed by atoms with Crippen LogP contribution in [0.15, 0.2) is 24.3 Å². The lowest BCUT2D eigenvalue weighted by molar-refractivity contribution is 0.256. The molecule has 2 amide bonds. The average molecular weight is 253 g/mol. The molecule has 5 nitrogen and oxygen atoms in total. The van der Waals surface area contributed by atoms with Gasteiger partial charge in [0.05, 0.1) is 0 Å². The molecule has 0 aliphatic heterocycles. The van der Waals surface area contributed by atoms with Gasteiger partial charge < -0.3 is 5.32 Å². The van der Waals surface area contributed by atoms with E-state index in [1.807, 2.05) is 0 Å². The summed E-state index contributed by atoms with van der Waals surface area (Å²) in [4.78, 5) is 10.9. The van der Waals surface area contributed by atoms with Gasteiger partial charge in [-0.15, -0.1) is 0 Å². The van der Waals surface area contributed by atoms with Crippen LogP contribution in [0, 0.1) is 5.82 Å². The summed E-state index contributed by atoms with van der Waals surface area (Å²) in [6.07, 6.45) is 0. The number of hydrogen-bond acceptors (Lipinski definition) is 3. The summed E-state index contributed by atoms with van der Waals surface area (Å²) in [5.74, 6) is -0.467. The third-order valence-corrected chi connectivity index (χ3v) is 1.98. The van der Waals surface area contributed by atoms with Crippen LogP contribution >= 0.6 is 10.7 Å². The van der Waals surface area contributed by atoms with Gasteiger partial charge in [0.1, 0.15) is 5.82 Å². The molecule has 0 saturated heterocycles. The minimum Gasteiger partial charge on any atom is -0.307 e. The van der Waals surface area contributed by atoms with Crippen LogP contribution < -0.4 is 10.0 Å². The predicted octanol–water partition coefficient (Wildman–Crippen LogP) is 1.43. The van der Waals surface area contributed by atoms with E-state index in [2.05, 4.69) is 5.32 Å². The van der Waals surface area contributed by atoms with E-state index in [9.17, 15) is 17.6 Å². The molecule has 0 atom stereocenters. The van der Waals surface area contributed by atoms with Crippen molar-refractivity contribution in [1.82, 2.24) is 4.72 Å². The zero-order valence-electron chi connectivity index (χ0n) is 7.20. The van der Waals surface area contributed by atoms with Gasteiger partial charge in [0.25, 0.3) is 0 Å². The van der Waals surface area contributed by atoms with Crippen molar-refractivity contribution in [2.24, 2.45) is 0 Å². The lowest BCUT2D eigenvalue weighted by atomic mass is 10.3. The highest BCUT2D eigenvalue weighted by Crippen LogP contribution is 2.07. The van der Waals surface area contributed by atoms with E-state index in [-0.39, 0.29) is 5.69 Å². The van der Waals surface area contributed by atoms with Crippen molar-refractivity contribution in [2.45, 2.75) is 0 Å². The van der Waals surface area contributed by atoms with Gasteiger partial charge >= 0.3 is 15.3 Å². The van der Waals surface area contributed by atoms with Gasteiger partial charge in [-0.05, 0) is 24.3 Å². The quantitative estimate of drug-likeness (QED) is 0.782. The monoisotopic (exact) mass is 252 g/mol. The average Bonchev–Trinajstić information content (AvgIpc) is 2.05. The minimum absolute atomic E-state index is 0.245. The zero-order chi connectivity index (χ0) is 11.5.